The normalized spacial score (nSPS) is 10.5. The van der Waals surface area contributed by atoms with Gasteiger partial charge in [0.2, 0.25) is 0 Å². The first kappa shape index (κ1) is 25.2. The average molecular weight is 697 g/mol. The Labute approximate surface area is 225 Å². The first-order valence-electron chi connectivity index (χ1n) is 11.1. The van der Waals surface area contributed by atoms with Crippen LogP contribution in [0.3, 0.4) is 0 Å². The minimum absolute atomic E-state index is 0. The summed E-state index contributed by atoms with van der Waals surface area (Å²) in [6.07, 6.45) is 8.64. The number of aromatic nitrogens is 3. The number of fused-ring (bicyclic) bond motifs is 3. The molecule has 6 rings (SSSR count). The summed E-state index contributed by atoms with van der Waals surface area (Å²) < 4.78 is 2.81. The molecule has 0 fully saturated rings. The van der Waals surface area contributed by atoms with Crippen molar-refractivity contribution < 1.29 is 20.1 Å². The van der Waals surface area contributed by atoms with Crippen molar-refractivity contribution in [1.29, 1.82) is 0 Å². The Morgan fingerprint density at radius 1 is 0.714 bits per heavy atom. The molecule has 0 atom stereocenters. The monoisotopic (exact) mass is 698 g/mol. The van der Waals surface area contributed by atoms with E-state index >= 15 is 0 Å². The van der Waals surface area contributed by atoms with Crippen molar-refractivity contribution in [3.63, 3.8) is 0 Å². The van der Waals surface area contributed by atoms with E-state index < -0.39 is 0 Å². The molecule has 5 heteroatoms. The van der Waals surface area contributed by atoms with Crippen molar-refractivity contribution in [2.24, 2.45) is 0 Å². The van der Waals surface area contributed by atoms with Crippen LogP contribution in [0.1, 0.15) is 16.7 Å². The zero-order chi connectivity index (χ0) is 23.5. The Morgan fingerprint density at radius 3 is 2.26 bits per heavy atom. The molecule has 0 N–H and O–H groups in total. The summed E-state index contributed by atoms with van der Waals surface area (Å²) in [5.74, 6) is 0. The predicted octanol–water partition coefficient (Wildman–Crippen LogP) is 6.78. The van der Waals surface area contributed by atoms with Gasteiger partial charge in [-0.15, -0.1) is 35.4 Å². The van der Waals surface area contributed by atoms with Gasteiger partial charge in [-0.1, -0.05) is 18.6 Å². The third kappa shape index (κ3) is 5.66. The van der Waals surface area contributed by atoms with Gasteiger partial charge in [-0.25, -0.2) is 0 Å². The van der Waals surface area contributed by atoms with E-state index in [0.717, 1.165) is 22.5 Å². The van der Waals surface area contributed by atoms with E-state index in [1.54, 1.807) is 6.20 Å². The van der Waals surface area contributed by atoms with Crippen LogP contribution in [0.2, 0.25) is 0 Å². The minimum atomic E-state index is 0. The Balaban J connectivity index is 0.000000165. The third-order valence-electron chi connectivity index (χ3n) is 5.77. The molecule has 35 heavy (non-hydrogen) atoms. The van der Waals surface area contributed by atoms with Gasteiger partial charge < -0.3 is 4.98 Å². The van der Waals surface area contributed by atoms with E-state index in [4.69, 9.17) is 0 Å². The fourth-order valence-corrected chi connectivity index (χ4v) is 5.90. The molecule has 6 aromatic rings. The number of benzene rings is 2. The number of hydrogen-bond donors (Lipinski definition) is 0. The van der Waals surface area contributed by atoms with E-state index in [-0.39, 0.29) is 20.1 Å². The molecule has 175 valence electrons. The molecule has 3 nitrogen and oxygen atoms in total. The van der Waals surface area contributed by atoms with Gasteiger partial charge in [0.25, 0.3) is 0 Å². The summed E-state index contributed by atoms with van der Waals surface area (Å²) >= 11 is 0.385. The zero-order valence-electron chi connectivity index (χ0n) is 19.7. The van der Waals surface area contributed by atoms with Gasteiger partial charge in [0.1, 0.15) is 0 Å². The Bertz CT molecular complexity index is 1580. The van der Waals surface area contributed by atoms with Crippen LogP contribution >= 0.6 is 0 Å². The van der Waals surface area contributed by atoms with Crippen molar-refractivity contribution >= 4 is 33.8 Å². The van der Waals surface area contributed by atoms with Crippen LogP contribution in [-0.2, 0) is 20.1 Å². The molecule has 0 aliphatic carbocycles. The van der Waals surface area contributed by atoms with E-state index in [9.17, 15) is 0 Å². The van der Waals surface area contributed by atoms with Crippen LogP contribution < -0.4 is 0 Å². The van der Waals surface area contributed by atoms with Gasteiger partial charge in [-0.05, 0) is 25.1 Å². The maximum atomic E-state index is 4.55. The molecule has 0 saturated heterocycles. The Morgan fingerprint density at radius 2 is 1.51 bits per heavy atom. The van der Waals surface area contributed by atoms with Gasteiger partial charge in [0.15, 0.2) is 0 Å². The number of nitrogens with zero attached hydrogens (tertiary/aromatic N) is 3. The molecule has 0 amide bonds. The van der Waals surface area contributed by atoms with Crippen molar-refractivity contribution in [3.05, 3.63) is 114 Å². The second-order valence-corrected chi connectivity index (χ2v) is 10.5. The van der Waals surface area contributed by atoms with Crippen LogP contribution in [-0.4, -0.2) is 29.5 Å². The van der Waals surface area contributed by atoms with E-state index in [1.165, 1.54) is 36.0 Å². The summed E-state index contributed by atoms with van der Waals surface area (Å²) in [5.41, 5.74) is 7.67. The standard InChI is InChI=1S/C16H9N2Se.C14H14N.Ir/c1-2-6-15-12(5-1)13-8-14(18-10-16(13)19-15)11-4-3-7-17-9-11;1-10-4-6-13(7-5-10)14-8-11(2)12(3)9-15-14;/h1-8,10H;4-6,8-9H,1-3H3;/q2*-1;. The van der Waals surface area contributed by atoms with Crippen LogP contribution in [0, 0.1) is 33.0 Å². The van der Waals surface area contributed by atoms with Crippen molar-refractivity contribution in [1.82, 2.24) is 15.0 Å². The molecule has 4 aromatic heterocycles. The van der Waals surface area contributed by atoms with E-state index in [1.807, 2.05) is 30.6 Å². The van der Waals surface area contributed by atoms with Crippen molar-refractivity contribution in [3.8, 4) is 22.5 Å². The molecule has 0 bridgehead atoms. The molecule has 0 unspecified atom stereocenters. The number of pyridine rings is 3. The summed E-state index contributed by atoms with van der Waals surface area (Å²) in [6.45, 7) is 6.24. The summed E-state index contributed by atoms with van der Waals surface area (Å²) in [7, 11) is 0. The Kier molecular flexibility index (Phi) is 8.05. The number of hydrogen-bond acceptors (Lipinski definition) is 3. The quantitative estimate of drug-likeness (QED) is 0.148. The SMILES string of the molecule is Cc1c[c-]c(-c2cc(C)c(C)cn2)cc1.[Ir].[c-]1ncccc1-c1cc2c(cn1)[se]c1ccccc12. The Hall–Kier alpha value is -2.94. The second kappa shape index (κ2) is 11.2. The number of rotatable bonds is 2. The molecule has 0 saturated carbocycles. The van der Waals surface area contributed by atoms with E-state index in [0.29, 0.717) is 14.5 Å². The first-order valence-corrected chi connectivity index (χ1v) is 12.8. The molecule has 0 aliphatic heterocycles. The fraction of sp³-hybridized carbons (Fsp3) is 0.100. The molecular formula is C30H23IrN3Se-2. The molecule has 0 aliphatic rings. The molecule has 2 aromatic carbocycles. The van der Waals surface area contributed by atoms with Crippen molar-refractivity contribution in [2.45, 2.75) is 20.8 Å². The maximum absolute atomic E-state index is 4.55. The number of aryl methyl sites for hydroxylation is 3. The van der Waals surface area contributed by atoms with Crippen LogP contribution in [0.15, 0.2) is 85.3 Å². The van der Waals surface area contributed by atoms with Gasteiger partial charge in [-0.3, -0.25) is 0 Å². The van der Waals surface area contributed by atoms with Crippen LogP contribution in [0.25, 0.3) is 41.8 Å². The summed E-state index contributed by atoms with van der Waals surface area (Å²) in [5, 5.41) is 2.67. The zero-order valence-corrected chi connectivity index (χ0v) is 23.8. The molecule has 4 heterocycles. The van der Waals surface area contributed by atoms with Crippen LogP contribution in [0.4, 0.5) is 0 Å². The van der Waals surface area contributed by atoms with Crippen LogP contribution in [0.5, 0.6) is 0 Å². The summed E-state index contributed by atoms with van der Waals surface area (Å²) in [6, 6.07) is 26.2. The second-order valence-electron chi connectivity index (χ2n) is 8.26. The van der Waals surface area contributed by atoms with Gasteiger partial charge >= 0.3 is 116 Å². The average Bonchev–Trinajstić information content (AvgIpc) is 3.25. The fourth-order valence-electron chi connectivity index (χ4n) is 3.68. The van der Waals surface area contributed by atoms with Crippen molar-refractivity contribution in [2.75, 3.05) is 0 Å². The first-order chi connectivity index (χ1) is 16.6. The third-order valence-corrected chi connectivity index (χ3v) is 8.12. The van der Waals surface area contributed by atoms with E-state index in [2.05, 4.69) is 96.5 Å². The molecule has 1 radical (unpaired) electrons. The summed E-state index contributed by atoms with van der Waals surface area (Å²) in [4.78, 5) is 13.0. The van der Waals surface area contributed by atoms with Gasteiger partial charge in [0, 0.05) is 26.3 Å². The molecule has 0 spiro atoms. The topological polar surface area (TPSA) is 38.7 Å². The molecular weight excluding hydrogens is 674 g/mol. The van der Waals surface area contributed by atoms with Gasteiger partial charge in [0.05, 0.1) is 0 Å². The van der Waals surface area contributed by atoms with Gasteiger partial charge in [-0.2, -0.15) is 0 Å². The predicted molar refractivity (Wildman–Crippen MR) is 141 cm³/mol.